The maximum atomic E-state index is 13.7. The molecule has 0 radical (unpaired) electrons. The van der Waals surface area contributed by atoms with Crippen LogP contribution in [0.4, 0.5) is 20.2 Å². The molecular weight excluding hydrogens is 344 g/mol. The summed E-state index contributed by atoms with van der Waals surface area (Å²) < 4.78 is 50.1. The molecule has 0 aliphatic carbocycles. The summed E-state index contributed by atoms with van der Waals surface area (Å²) >= 11 is 0. The number of nitrogens with two attached hydrogens (primary N) is 1. The third-order valence-electron chi connectivity index (χ3n) is 3.29. The van der Waals surface area contributed by atoms with E-state index >= 15 is 0 Å². The van der Waals surface area contributed by atoms with Gasteiger partial charge in [-0.05, 0) is 12.1 Å². The second-order valence-electron chi connectivity index (χ2n) is 5.05. The molecule has 0 unspecified atom stereocenters. The van der Waals surface area contributed by atoms with Crippen LogP contribution >= 0.6 is 0 Å². The number of nitro groups is 1. The molecule has 0 spiro atoms. The Balaban J connectivity index is 2.45. The van der Waals surface area contributed by atoms with Crippen molar-refractivity contribution < 1.29 is 22.1 Å². The molecular formula is C14H13F2N3O4S. The second-order valence-corrected chi connectivity index (χ2v) is 6.58. The van der Waals surface area contributed by atoms with Crippen LogP contribution in [-0.4, -0.2) is 20.4 Å². The van der Waals surface area contributed by atoms with Gasteiger partial charge in [-0.2, -0.15) is 0 Å². The lowest BCUT2D eigenvalue weighted by Crippen LogP contribution is -2.22. The second kappa shape index (κ2) is 6.49. The zero-order chi connectivity index (χ0) is 18.1. The highest BCUT2D eigenvalue weighted by molar-refractivity contribution is 7.89. The lowest BCUT2D eigenvalue weighted by atomic mass is 10.2. The van der Waals surface area contributed by atoms with Crippen LogP contribution in [0.5, 0.6) is 0 Å². The quantitative estimate of drug-likeness (QED) is 0.652. The Labute approximate surface area is 136 Å². The fraction of sp³-hybridized carbons (Fsp3) is 0.143. The summed E-state index contributed by atoms with van der Waals surface area (Å²) in [5.41, 5.74) is -0.256. The third kappa shape index (κ3) is 3.84. The van der Waals surface area contributed by atoms with Gasteiger partial charge in [-0.25, -0.2) is 22.3 Å². The fourth-order valence-corrected chi connectivity index (χ4v) is 2.95. The minimum atomic E-state index is -4.24. The Morgan fingerprint density at radius 1 is 1.21 bits per heavy atom. The highest BCUT2D eigenvalue weighted by Crippen LogP contribution is 2.29. The summed E-state index contributed by atoms with van der Waals surface area (Å²) in [5, 5.41) is 15.9. The van der Waals surface area contributed by atoms with E-state index in [1.54, 1.807) is 0 Å². The molecule has 0 heterocycles. The van der Waals surface area contributed by atoms with E-state index in [0.29, 0.717) is 6.07 Å². The lowest BCUT2D eigenvalue weighted by molar-refractivity contribution is -0.385. The van der Waals surface area contributed by atoms with Crippen molar-refractivity contribution in [1.29, 1.82) is 0 Å². The molecule has 10 heteroatoms. The molecule has 0 saturated carbocycles. The van der Waals surface area contributed by atoms with Crippen LogP contribution in [0.25, 0.3) is 0 Å². The van der Waals surface area contributed by atoms with E-state index in [2.05, 4.69) is 0 Å². The number of halogens is 2. The van der Waals surface area contributed by atoms with Crippen LogP contribution in [0, 0.1) is 21.7 Å². The molecule has 2 rings (SSSR count). The van der Waals surface area contributed by atoms with Gasteiger partial charge in [-0.3, -0.25) is 10.1 Å². The molecule has 0 saturated heterocycles. The van der Waals surface area contributed by atoms with Gasteiger partial charge in [0.2, 0.25) is 10.0 Å². The van der Waals surface area contributed by atoms with Gasteiger partial charge >= 0.3 is 0 Å². The van der Waals surface area contributed by atoms with E-state index in [9.17, 15) is 27.3 Å². The standard InChI is InChI=1S/C14H13F2N3O4S/c1-18(8-9-2-3-10(15)6-12(9)16)13-5-4-11(19(20)21)7-14(13)24(17,22)23/h2-7H,8H2,1H3,(H2,17,22,23). The van der Waals surface area contributed by atoms with E-state index in [0.717, 1.165) is 18.2 Å². The van der Waals surface area contributed by atoms with Crippen molar-refractivity contribution in [2.45, 2.75) is 11.4 Å². The molecule has 0 aliphatic rings. The van der Waals surface area contributed by atoms with Gasteiger partial charge in [-0.15, -0.1) is 0 Å². The minimum absolute atomic E-state index is 0.0619. The van der Waals surface area contributed by atoms with E-state index in [-0.39, 0.29) is 17.8 Å². The first-order valence-corrected chi connectivity index (χ1v) is 8.10. The van der Waals surface area contributed by atoms with E-state index < -0.39 is 37.2 Å². The lowest BCUT2D eigenvalue weighted by Gasteiger charge is -2.22. The van der Waals surface area contributed by atoms with Crippen molar-refractivity contribution in [2.24, 2.45) is 5.14 Å². The zero-order valence-corrected chi connectivity index (χ0v) is 13.3. The average molecular weight is 357 g/mol. The number of non-ortho nitro benzene ring substituents is 1. The SMILES string of the molecule is CN(Cc1ccc(F)cc1F)c1ccc([N+](=O)[O-])cc1S(N)(=O)=O. The summed E-state index contributed by atoms with van der Waals surface area (Å²) in [5.74, 6) is -1.53. The molecule has 2 aromatic carbocycles. The highest BCUT2D eigenvalue weighted by atomic mass is 32.2. The molecule has 7 nitrogen and oxygen atoms in total. The first-order valence-electron chi connectivity index (χ1n) is 6.56. The molecule has 128 valence electrons. The summed E-state index contributed by atoms with van der Waals surface area (Å²) in [6.07, 6.45) is 0. The van der Waals surface area contributed by atoms with E-state index in [4.69, 9.17) is 5.14 Å². The molecule has 0 bridgehead atoms. The van der Waals surface area contributed by atoms with Gasteiger partial charge in [0.25, 0.3) is 5.69 Å². The van der Waals surface area contributed by atoms with Crippen molar-refractivity contribution in [3.63, 3.8) is 0 Å². The molecule has 2 aromatic rings. The number of nitro benzene ring substituents is 1. The summed E-state index contributed by atoms with van der Waals surface area (Å²) in [6, 6.07) is 6.16. The molecule has 0 aromatic heterocycles. The number of benzene rings is 2. The fourth-order valence-electron chi connectivity index (χ4n) is 2.15. The van der Waals surface area contributed by atoms with Gasteiger partial charge in [-0.1, -0.05) is 6.07 Å². The monoisotopic (exact) mass is 357 g/mol. The Bertz CT molecular complexity index is 903. The highest BCUT2D eigenvalue weighted by Gasteiger charge is 2.21. The molecule has 0 amide bonds. The predicted octanol–water partition coefficient (Wildman–Crippen LogP) is 2.16. The number of rotatable bonds is 5. The number of primary sulfonamides is 1. The first-order chi connectivity index (χ1) is 11.1. The van der Waals surface area contributed by atoms with Crippen LogP contribution in [0.3, 0.4) is 0 Å². The van der Waals surface area contributed by atoms with Crippen molar-refractivity contribution in [1.82, 2.24) is 0 Å². The van der Waals surface area contributed by atoms with Crippen molar-refractivity contribution in [3.05, 3.63) is 63.7 Å². The number of anilines is 1. The van der Waals surface area contributed by atoms with Crippen molar-refractivity contribution >= 4 is 21.4 Å². The maximum Gasteiger partial charge on any atom is 0.270 e. The number of hydrogen-bond donors (Lipinski definition) is 1. The van der Waals surface area contributed by atoms with Crippen LogP contribution in [0.2, 0.25) is 0 Å². The van der Waals surface area contributed by atoms with E-state index in [1.165, 1.54) is 24.1 Å². The van der Waals surface area contributed by atoms with Crippen molar-refractivity contribution in [2.75, 3.05) is 11.9 Å². The predicted molar refractivity (Wildman–Crippen MR) is 82.9 cm³/mol. The van der Waals surface area contributed by atoms with E-state index in [1.807, 2.05) is 0 Å². The van der Waals surface area contributed by atoms with Gasteiger partial charge in [0.15, 0.2) is 0 Å². The zero-order valence-electron chi connectivity index (χ0n) is 12.4. The van der Waals surface area contributed by atoms with Crippen LogP contribution in [-0.2, 0) is 16.6 Å². The molecule has 0 atom stereocenters. The molecule has 24 heavy (non-hydrogen) atoms. The molecule has 0 aliphatic heterocycles. The Morgan fingerprint density at radius 2 is 1.88 bits per heavy atom. The van der Waals surface area contributed by atoms with Gasteiger partial charge in [0.1, 0.15) is 16.5 Å². The third-order valence-corrected chi connectivity index (χ3v) is 4.23. The number of nitrogens with zero attached hydrogens (tertiary/aromatic N) is 2. The summed E-state index contributed by atoms with van der Waals surface area (Å²) in [7, 11) is -2.79. The maximum absolute atomic E-state index is 13.7. The van der Waals surface area contributed by atoms with Gasteiger partial charge < -0.3 is 4.90 Å². The Morgan fingerprint density at radius 3 is 2.42 bits per heavy atom. The smallest absolute Gasteiger partial charge is 0.270 e. The summed E-state index contributed by atoms with van der Waals surface area (Å²) in [4.78, 5) is 10.9. The normalized spacial score (nSPS) is 11.3. The van der Waals surface area contributed by atoms with Crippen LogP contribution in [0.1, 0.15) is 5.56 Å². The average Bonchev–Trinajstić information content (AvgIpc) is 2.48. The van der Waals surface area contributed by atoms with Crippen LogP contribution < -0.4 is 10.0 Å². The Kier molecular flexibility index (Phi) is 4.81. The molecule has 2 N–H and O–H groups in total. The topological polar surface area (TPSA) is 107 Å². The van der Waals surface area contributed by atoms with Gasteiger partial charge in [0.05, 0.1) is 10.6 Å². The summed E-state index contributed by atoms with van der Waals surface area (Å²) in [6.45, 7) is -0.0908. The van der Waals surface area contributed by atoms with Crippen LogP contribution in [0.15, 0.2) is 41.3 Å². The Hall–Kier alpha value is -2.59. The largest absolute Gasteiger partial charge is 0.369 e. The van der Waals surface area contributed by atoms with Crippen molar-refractivity contribution in [3.8, 4) is 0 Å². The minimum Gasteiger partial charge on any atom is -0.369 e. The number of hydrogen-bond acceptors (Lipinski definition) is 5. The first kappa shape index (κ1) is 17.8. The number of sulfonamides is 1. The van der Waals surface area contributed by atoms with Gasteiger partial charge in [0, 0.05) is 37.4 Å². The molecule has 0 fully saturated rings.